The third-order valence-electron chi connectivity index (χ3n) is 2.35. The maximum Gasteiger partial charge on any atom is 0.267 e. The number of carbonyl (C=O) groups excluding carboxylic acids is 2. The number of nitrogens with one attached hydrogen (secondary N) is 1. The molecule has 1 rings (SSSR count). The highest BCUT2D eigenvalue weighted by atomic mass is 35.5. The number of nitrogens with two attached hydrogens (primary N) is 1. The van der Waals surface area contributed by atoms with Gasteiger partial charge in [-0.3, -0.25) is 9.59 Å². The number of aryl methyl sites for hydroxylation is 1. The Kier molecular flexibility index (Phi) is 5.57. The minimum atomic E-state index is -0.454. The van der Waals surface area contributed by atoms with Crippen LogP contribution in [-0.4, -0.2) is 28.3 Å². The van der Waals surface area contributed by atoms with Gasteiger partial charge in [0.05, 0.1) is 0 Å². The predicted octanol–water partition coefficient (Wildman–Crippen LogP) is 1.12. The van der Waals surface area contributed by atoms with E-state index in [2.05, 4.69) is 5.32 Å². The van der Waals surface area contributed by atoms with Crippen LogP contribution in [0.25, 0.3) is 0 Å². The number of hydrogen-bond donors (Lipinski definition) is 2. The average molecular weight is 274 g/mol. The van der Waals surface area contributed by atoms with Crippen LogP contribution in [-0.2, 0) is 7.05 Å². The maximum absolute atomic E-state index is 11.8. The Morgan fingerprint density at radius 1 is 1.44 bits per heavy atom. The Labute approximate surface area is 113 Å². The number of rotatable bonds is 4. The van der Waals surface area contributed by atoms with E-state index in [1.165, 1.54) is 6.92 Å². The summed E-state index contributed by atoms with van der Waals surface area (Å²) in [6.07, 6.45) is 1.64. The van der Waals surface area contributed by atoms with Crippen LogP contribution >= 0.6 is 12.4 Å². The summed E-state index contributed by atoms with van der Waals surface area (Å²) in [5, 5.41) is 2.74. The van der Waals surface area contributed by atoms with Crippen LogP contribution in [0.3, 0.4) is 0 Å². The quantitative estimate of drug-likeness (QED) is 0.807. The fourth-order valence-electron chi connectivity index (χ4n) is 1.38. The molecule has 1 heterocycles. The molecule has 0 atom stereocenters. The number of carbonyl (C=O) groups is 2. The number of hydrogen-bond acceptors (Lipinski definition) is 3. The highest BCUT2D eigenvalue weighted by molar-refractivity contribution is 5.99. The fourth-order valence-corrected chi connectivity index (χ4v) is 1.38. The fraction of sp³-hybridized carbons (Fsp3) is 0.500. The van der Waals surface area contributed by atoms with E-state index >= 15 is 0 Å². The summed E-state index contributed by atoms with van der Waals surface area (Å²) < 4.78 is 1.63. The first-order valence-electron chi connectivity index (χ1n) is 5.45. The molecule has 0 aliphatic rings. The molecule has 6 heteroatoms. The number of Topliss-reactive ketones (excluding diaryl/α,β-unsaturated/α-hetero) is 1. The van der Waals surface area contributed by atoms with Crippen LogP contribution in [0.2, 0.25) is 0 Å². The highest BCUT2D eigenvalue weighted by Crippen LogP contribution is 2.08. The molecule has 18 heavy (non-hydrogen) atoms. The van der Waals surface area contributed by atoms with Gasteiger partial charge in [0, 0.05) is 30.9 Å². The van der Waals surface area contributed by atoms with Crippen LogP contribution in [0.5, 0.6) is 0 Å². The van der Waals surface area contributed by atoms with E-state index in [1.54, 1.807) is 23.9 Å². The zero-order chi connectivity index (χ0) is 13.2. The zero-order valence-electron chi connectivity index (χ0n) is 11.1. The number of halogens is 1. The first-order valence-corrected chi connectivity index (χ1v) is 5.45. The lowest BCUT2D eigenvalue weighted by Crippen LogP contribution is -2.45. The van der Waals surface area contributed by atoms with Gasteiger partial charge < -0.3 is 15.6 Å². The molecular formula is C12H20ClN3O2. The van der Waals surface area contributed by atoms with Crippen molar-refractivity contribution in [3.63, 3.8) is 0 Å². The molecule has 0 aliphatic heterocycles. The molecule has 1 aromatic heterocycles. The topological polar surface area (TPSA) is 77.1 Å². The van der Waals surface area contributed by atoms with E-state index in [-0.39, 0.29) is 24.1 Å². The first-order chi connectivity index (χ1) is 7.70. The lowest BCUT2D eigenvalue weighted by Gasteiger charge is -2.18. The Morgan fingerprint density at radius 2 is 2.00 bits per heavy atom. The number of aromatic nitrogens is 1. The van der Waals surface area contributed by atoms with Crippen molar-refractivity contribution in [3.8, 4) is 0 Å². The number of nitrogens with zero attached hydrogens (tertiary/aromatic N) is 1. The first kappa shape index (κ1) is 16.7. The van der Waals surface area contributed by atoms with Crippen LogP contribution in [0, 0.1) is 0 Å². The van der Waals surface area contributed by atoms with Crippen molar-refractivity contribution in [1.29, 1.82) is 0 Å². The van der Waals surface area contributed by atoms with Crippen molar-refractivity contribution >= 4 is 24.1 Å². The van der Waals surface area contributed by atoms with Gasteiger partial charge in [0.1, 0.15) is 5.69 Å². The average Bonchev–Trinajstić information content (AvgIpc) is 2.56. The van der Waals surface area contributed by atoms with Gasteiger partial charge in [0.25, 0.3) is 5.91 Å². The summed E-state index contributed by atoms with van der Waals surface area (Å²) in [5.74, 6) is -0.280. The Balaban J connectivity index is 0.00000289. The van der Waals surface area contributed by atoms with Crippen molar-refractivity contribution in [2.75, 3.05) is 6.54 Å². The standard InChI is InChI=1S/C12H19N3O2.ClH/c1-8(16)9-5-10(15(4)6-9)11(17)14-7-12(2,3)13;/h5-6H,7,13H2,1-4H3,(H,14,17);1H. The van der Waals surface area contributed by atoms with E-state index in [0.29, 0.717) is 17.8 Å². The second-order valence-electron chi connectivity index (χ2n) is 4.95. The summed E-state index contributed by atoms with van der Waals surface area (Å²) in [6.45, 7) is 5.52. The molecule has 0 spiro atoms. The van der Waals surface area contributed by atoms with Crippen LogP contribution in [0.15, 0.2) is 12.3 Å². The van der Waals surface area contributed by atoms with E-state index < -0.39 is 5.54 Å². The van der Waals surface area contributed by atoms with Gasteiger partial charge in [-0.05, 0) is 26.8 Å². The normalized spacial score (nSPS) is 10.7. The van der Waals surface area contributed by atoms with E-state index in [4.69, 9.17) is 5.73 Å². The predicted molar refractivity (Wildman–Crippen MR) is 73.3 cm³/mol. The molecule has 5 nitrogen and oxygen atoms in total. The van der Waals surface area contributed by atoms with Gasteiger partial charge in [-0.2, -0.15) is 0 Å². The van der Waals surface area contributed by atoms with Crippen molar-refractivity contribution in [2.24, 2.45) is 12.8 Å². The largest absolute Gasteiger partial charge is 0.349 e. The van der Waals surface area contributed by atoms with Gasteiger partial charge >= 0.3 is 0 Å². The molecule has 0 saturated heterocycles. The van der Waals surface area contributed by atoms with Crippen molar-refractivity contribution in [2.45, 2.75) is 26.3 Å². The minimum absolute atomic E-state index is 0. The smallest absolute Gasteiger partial charge is 0.267 e. The maximum atomic E-state index is 11.8. The Hall–Kier alpha value is -1.33. The van der Waals surface area contributed by atoms with Crippen molar-refractivity contribution in [1.82, 2.24) is 9.88 Å². The molecule has 0 unspecified atom stereocenters. The summed E-state index contributed by atoms with van der Waals surface area (Å²) in [4.78, 5) is 23.0. The number of amides is 1. The van der Waals surface area contributed by atoms with Crippen molar-refractivity contribution in [3.05, 3.63) is 23.5 Å². The second-order valence-corrected chi connectivity index (χ2v) is 4.95. The van der Waals surface area contributed by atoms with Gasteiger partial charge in [0.15, 0.2) is 5.78 Å². The minimum Gasteiger partial charge on any atom is -0.349 e. The molecular weight excluding hydrogens is 254 g/mol. The SMILES string of the molecule is CC(=O)c1cc(C(=O)NCC(C)(C)N)n(C)c1.Cl. The van der Waals surface area contributed by atoms with E-state index in [0.717, 1.165) is 0 Å². The monoisotopic (exact) mass is 273 g/mol. The molecule has 1 aromatic rings. The molecule has 0 radical (unpaired) electrons. The molecule has 0 aliphatic carbocycles. The van der Waals surface area contributed by atoms with E-state index in [1.807, 2.05) is 13.8 Å². The number of ketones is 1. The van der Waals surface area contributed by atoms with Gasteiger partial charge in [-0.25, -0.2) is 0 Å². The molecule has 0 aromatic carbocycles. The molecule has 0 fully saturated rings. The highest BCUT2D eigenvalue weighted by Gasteiger charge is 2.16. The molecule has 0 bridgehead atoms. The summed E-state index contributed by atoms with van der Waals surface area (Å²) in [7, 11) is 1.73. The van der Waals surface area contributed by atoms with Gasteiger partial charge in [0.2, 0.25) is 0 Å². The summed E-state index contributed by atoms with van der Waals surface area (Å²) in [5.41, 5.74) is 6.31. The summed E-state index contributed by atoms with van der Waals surface area (Å²) >= 11 is 0. The molecule has 102 valence electrons. The van der Waals surface area contributed by atoms with Crippen LogP contribution < -0.4 is 11.1 Å². The Bertz CT molecular complexity index is 447. The lowest BCUT2D eigenvalue weighted by atomic mass is 10.1. The van der Waals surface area contributed by atoms with E-state index in [9.17, 15) is 9.59 Å². The lowest BCUT2D eigenvalue weighted by molar-refractivity contribution is 0.0937. The van der Waals surface area contributed by atoms with Gasteiger partial charge in [-0.1, -0.05) is 0 Å². The van der Waals surface area contributed by atoms with Crippen molar-refractivity contribution < 1.29 is 9.59 Å². The Morgan fingerprint density at radius 3 is 2.39 bits per heavy atom. The molecule has 1 amide bonds. The zero-order valence-corrected chi connectivity index (χ0v) is 11.9. The van der Waals surface area contributed by atoms with Gasteiger partial charge in [-0.15, -0.1) is 12.4 Å². The van der Waals surface area contributed by atoms with Crippen LogP contribution in [0.4, 0.5) is 0 Å². The third-order valence-corrected chi connectivity index (χ3v) is 2.35. The molecule has 3 N–H and O–H groups in total. The summed E-state index contributed by atoms with van der Waals surface area (Å²) in [6, 6.07) is 1.58. The molecule has 0 saturated carbocycles. The second kappa shape index (κ2) is 6.02. The third kappa shape index (κ3) is 4.50. The van der Waals surface area contributed by atoms with Crippen LogP contribution in [0.1, 0.15) is 41.6 Å².